The number of rotatable bonds is 6. The highest BCUT2D eigenvalue weighted by Crippen LogP contribution is 2.23. The quantitative estimate of drug-likeness (QED) is 0.461. The van der Waals surface area contributed by atoms with E-state index in [0.717, 1.165) is 11.1 Å². The van der Waals surface area contributed by atoms with Crippen molar-refractivity contribution in [3.63, 3.8) is 0 Å². The number of carbonyl (C=O) groups is 1. The van der Waals surface area contributed by atoms with Crippen molar-refractivity contribution in [1.82, 2.24) is 5.43 Å². The Hall–Kier alpha value is -2.76. The molecule has 0 bridgehead atoms. The van der Waals surface area contributed by atoms with Crippen LogP contribution in [0.25, 0.3) is 11.3 Å². The molecule has 0 saturated carbocycles. The minimum atomic E-state index is -0.386. The summed E-state index contributed by atoms with van der Waals surface area (Å²) in [7, 11) is 0. The molecule has 0 atom stereocenters. The summed E-state index contributed by atoms with van der Waals surface area (Å²) in [5.74, 6) is 1.37. The summed E-state index contributed by atoms with van der Waals surface area (Å²) < 4.78 is 11.1. The SMILES string of the molecule is Cc1cc(OCC(=O)N/N=C\c2ccc(-c3ccc(Cl)cc3)o2)ccc1Cl. The smallest absolute Gasteiger partial charge is 0.277 e. The number of benzene rings is 2. The molecule has 0 saturated heterocycles. The molecule has 3 rings (SSSR count). The second kappa shape index (κ2) is 8.75. The normalized spacial score (nSPS) is 10.9. The number of aryl methyl sites for hydroxylation is 1. The van der Waals surface area contributed by atoms with E-state index < -0.39 is 0 Å². The number of furan rings is 1. The van der Waals surface area contributed by atoms with Crippen LogP contribution in [0.5, 0.6) is 5.75 Å². The van der Waals surface area contributed by atoms with Gasteiger partial charge >= 0.3 is 0 Å². The standard InChI is InChI=1S/C20H16Cl2N2O3/c1-13-10-16(6-8-18(13)22)26-12-20(25)24-23-11-17-7-9-19(27-17)14-2-4-15(21)5-3-14/h2-11H,12H2,1H3,(H,24,25)/b23-11-. The van der Waals surface area contributed by atoms with E-state index >= 15 is 0 Å². The van der Waals surface area contributed by atoms with E-state index in [1.54, 1.807) is 36.4 Å². The number of nitrogens with one attached hydrogen (secondary N) is 1. The van der Waals surface area contributed by atoms with E-state index in [2.05, 4.69) is 10.5 Å². The van der Waals surface area contributed by atoms with Gasteiger partial charge in [-0.3, -0.25) is 4.79 Å². The van der Waals surface area contributed by atoms with E-state index in [4.69, 9.17) is 32.4 Å². The van der Waals surface area contributed by atoms with Crippen molar-refractivity contribution in [3.05, 3.63) is 76.0 Å². The van der Waals surface area contributed by atoms with Gasteiger partial charge in [0, 0.05) is 15.6 Å². The Morgan fingerprint density at radius 3 is 2.67 bits per heavy atom. The Labute approximate surface area is 166 Å². The van der Waals surface area contributed by atoms with Crippen LogP contribution in [0.2, 0.25) is 10.0 Å². The fourth-order valence-corrected chi connectivity index (χ4v) is 2.49. The van der Waals surface area contributed by atoms with Gasteiger partial charge in [-0.25, -0.2) is 5.43 Å². The van der Waals surface area contributed by atoms with Gasteiger partial charge < -0.3 is 9.15 Å². The lowest BCUT2D eigenvalue weighted by Gasteiger charge is -2.06. The number of carbonyl (C=O) groups excluding carboxylic acids is 1. The molecule has 1 amide bonds. The molecule has 0 spiro atoms. The van der Waals surface area contributed by atoms with Gasteiger partial charge in [0.15, 0.2) is 6.61 Å². The highest BCUT2D eigenvalue weighted by atomic mass is 35.5. The lowest BCUT2D eigenvalue weighted by atomic mass is 10.2. The average Bonchev–Trinajstić information content (AvgIpc) is 3.12. The molecule has 27 heavy (non-hydrogen) atoms. The second-order valence-corrected chi connectivity index (χ2v) is 6.55. The third-order valence-corrected chi connectivity index (χ3v) is 4.31. The molecule has 5 nitrogen and oxygen atoms in total. The van der Waals surface area contributed by atoms with E-state index in [0.29, 0.717) is 27.3 Å². The van der Waals surface area contributed by atoms with Gasteiger partial charge in [0.2, 0.25) is 0 Å². The summed E-state index contributed by atoms with van der Waals surface area (Å²) in [6.45, 7) is 1.70. The lowest BCUT2D eigenvalue weighted by molar-refractivity contribution is -0.123. The van der Waals surface area contributed by atoms with Crippen molar-refractivity contribution < 1.29 is 13.9 Å². The Morgan fingerprint density at radius 2 is 1.93 bits per heavy atom. The third-order valence-electron chi connectivity index (χ3n) is 3.64. The van der Waals surface area contributed by atoms with Crippen LogP contribution in [0, 0.1) is 6.92 Å². The Morgan fingerprint density at radius 1 is 1.15 bits per heavy atom. The zero-order valence-corrected chi connectivity index (χ0v) is 15.9. The molecule has 0 aliphatic rings. The maximum atomic E-state index is 11.8. The number of amides is 1. The summed E-state index contributed by atoms with van der Waals surface area (Å²) in [6.07, 6.45) is 1.42. The predicted molar refractivity (Wildman–Crippen MR) is 107 cm³/mol. The zero-order valence-electron chi connectivity index (χ0n) is 14.4. The highest BCUT2D eigenvalue weighted by Gasteiger charge is 2.05. The van der Waals surface area contributed by atoms with Crippen molar-refractivity contribution in [2.45, 2.75) is 6.92 Å². The van der Waals surface area contributed by atoms with Crippen LogP contribution in [-0.4, -0.2) is 18.7 Å². The Kier molecular flexibility index (Phi) is 6.16. The van der Waals surface area contributed by atoms with Gasteiger partial charge in [-0.15, -0.1) is 0 Å². The molecule has 0 fully saturated rings. The second-order valence-electron chi connectivity index (χ2n) is 5.70. The highest BCUT2D eigenvalue weighted by molar-refractivity contribution is 6.31. The van der Waals surface area contributed by atoms with Gasteiger partial charge in [-0.1, -0.05) is 23.2 Å². The monoisotopic (exact) mass is 402 g/mol. The van der Waals surface area contributed by atoms with Gasteiger partial charge in [0.25, 0.3) is 5.91 Å². The fourth-order valence-electron chi connectivity index (χ4n) is 2.25. The Bertz CT molecular complexity index is 966. The van der Waals surface area contributed by atoms with Crippen LogP contribution in [0.3, 0.4) is 0 Å². The van der Waals surface area contributed by atoms with Crippen LogP contribution < -0.4 is 10.2 Å². The topological polar surface area (TPSA) is 63.8 Å². The van der Waals surface area contributed by atoms with Gasteiger partial charge in [0.1, 0.15) is 17.3 Å². The lowest BCUT2D eigenvalue weighted by Crippen LogP contribution is -2.24. The molecule has 1 aromatic heterocycles. The van der Waals surface area contributed by atoms with Crippen LogP contribution in [0.4, 0.5) is 0 Å². The molecule has 138 valence electrons. The molecule has 2 aromatic carbocycles. The van der Waals surface area contributed by atoms with Crippen LogP contribution >= 0.6 is 23.2 Å². The summed E-state index contributed by atoms with van der Waals surface area (Å²) >= 11 is 11.8. The molecule has 0 aliphatic heterocycles. The van der Waals surface area contributed by atoms with Gasteiger partial charge in [-0.05, 0) is 67.1 Å². The van der Waals surface area contributed by atoms with E-state index in [1.807, 2.05) is 25.1 Å². The molecular weight excluding hydrogens is 387 g/mol. The van der Waals surface area contributed by atoms with Crippen molar-refractivity contribution in [1.29, 1.82) is 0 Å². The zero-order chi connectivity index (χ0) is 19.2. The van der Waals surface area contributed by atoms with Crippen molar-refractivity contribution >= 4 is 35.3 Å². The summed E-state index contributed by atoms with van der Waals surface area (Å²) in [4.78, 5) is 11.8. The minimum Gasteiger partial charge on any atom is -0.484 e. The van der Waals surface area contributed by atoms with Crippen molar-refractivity contribution in [2.75, 3.05) is 6.61 Å². The number of halogens is 2. The van der Waals surface area contributed by atoms with Crippen LogP contribution in [-0.2, 0) is 4.79 Å². The van der Waals surface area contributed by atoms with Crippen molar-refractivity contribution in [2.24, 2.45) is 5.10 Å². The molecule has 3 aromatic rings. The number of hydrogen-bond donors (Lipinski definition) is 1. The maximum absolute atomic E-state index is 11.8. The van der Waals surface area contributed by atoms with Crippen LogP contribution in [0.15, 0.2) is 64.1 Å². The van der Waals surface area contributed by atoms with Crippen molar-refractivity contribution in [3.8, 4) is 17.1 Å². The maximum Gasteiger partial charge on any atom is 0.277 e. The number of nitrogens with zero attached hydrogens (tertiary/aromatic N) is 1. The van der Waals surface area contributed by atoms with Gasteiger partial charge in [-0.2, -0.15) is 5.10 Å². The van der Waals surface area contributed by atoms with Gasteiger partial charge in [0.05, 0.1) is 6.21 Å². The molecule has 0 radical (unpaired) electrons. The molecule has 1 heterocycles. The third kappa shape index (κ3) is 5.36. The molecule has 7 heteroatoms. The predicted octanol–water partition coefficient (Wildman–Crippen LogP) is 5.09. The van der Waals surface area contributed by atoms with E-state index in [9.17, 15) is 4.79 Å². The van der Waals surface area contributed by atoms with E-state index in [1.165, 1.54) is 6.21 Å². The first-order valence-corrected chi connectivity index (χ1v) is 8.83. The molecule has 0 aliphatic carbocycles. The number of hydrogen-bond acceptors (Lipinski definition) is 4. The number of hydrazone groups is 1. The molecule has 1 N–H and O–H groups in total. The summed E-state index contributed by atoms with van der Waals surface area (Å²) in [6, 6.07) is 16.1. The molecular formula is C20H16Cl2N2O3. The molecule has 0 unspecified atom stereocenters. The fraction of sp³-hybridized carbons (Fsp3) is 0.100. The van der Waals surface area contributed by atoms with E-state index in [-0.39, 0.29) is 12.5 Å². The largest absolute Gasteiger partial charge is 0.484 e. The first-order chi connectivity index (χ1) is 13.0. The van der Waals surface area contributed by atoms with Crippen LogP contribution in [0.1, 0.15) is 11.3 Å². The average molecular weight is 403 g/mol. The first-order valence-electron chi connectivity index (χ1n) is 8.08. The minimum absolute atomic E-state index is 0.160. The number of ether oxygens (including phenoxy) is 1. The Balaban J connectivity index is 1.50. The first kappa shape index (κ1) is 19.0. The summed E-state index contributed by atoms with van der Waals surface area (Å²) in [5, 5.41) is 5.17. The summed E-state index contributed by atoms with van der Waals surface area (Å²) in [5.41, 5.74) is 4.16.